The lowest BCUT2D eigenvalue weighted by Gasteiger charge is -2.26. The number of para-hydroxylation sites is 1. The molecule has 0 spiro atoms. The number of carbonyl (C=O) groups excluding carboxylic acids is 1. The van der Waals surface area contributed by atoms with Crippen molar-refractivity contribution >= 4 is 43.0 Å². The van der Waals surface area contributed by atoms with Crippen LogP contribution in [-0.4, -0.2) is 65.8 Å². The van der Waals surface area contributed by atoms with Crippen LogP contribution in [0.15, 0.2) is 76.5 Å². The molecule has 1 amide bonds. The van der Waals surface area contributed by atoms with Crippen LogP contribution in [0, 0.1) is 10.1 Å². The van der Waals surface area contributed by atoms with Gasteiger partial charge < -0.3 is 14.8 Å². The Labute approximate surface area is 243 Å². The minimum absolute atomic E-state index is 0.0385. The van der Waals surface area contributed by atoms with Crippen molar-refractivity contribution in [1.82, 2.24) is 4.31 Å². The number of benzene rings is 3. The van der Waals surface area contributed by atoms with Gasteiger partial charge in [0.1, 0.15) is 18.0 Å². The number of nitro benzene ring substituents is 1. The van der Waals surface area contributed by atoms with E-state index in [4.69, 9.17) is 9.47 Å². The Morgan fingerprint density at radius 1 is 0.952 bits per heavy atom. The first-order chi connectivity index (χ1) is 20.0. The molecule has 1 saturated heterocycles. The molecule has 0 atom stereocenters. The van der Waals surface area contributed by atoms with Crippen molar-refractivity contribution in [3.05, 3.63) is 76.8 Å². The van der Waals surface area contributed by atoms with Crippen molar-refractivity contribution < 1.29 is 36.0 Å². The van der Waals surface area contributed by atoms with Crippen LogP contribution in [0.1, 0.15) is 19.3 Å². The van der Waals surface area contributed by atoms with Crippen LogP contribution in [0.3, 0.4) is 0 Å². The van der Waals surface area contributed by atoms with E-state index in [-0.39, 0.29) is 22.0 Å². The highest BCUT2D eigenvalue weighted by molar-refractivity contribution is 7.93. The van der Waals surface area contributed by atoms with Gasteiger partial charge in [0.25, 0.3) is 15.7 Å². The zero-order valence-corrected chi connectivity index (χ0v) is 24.6. The number of rotatable bonds is 11. The van der Waals surface area contributed by atoms with E-state index in [1.54, 1.807) is 0 Å². The number of carbonyl (C=O) groups is 1. The van der Waals surface area contributed by atoms with Gasteiger partial charge in [0.2, 0.25) is 15.9 Å². The Hall–Kier alpha value is -4.21. The first-order valence-corrected chi connectivity index (χ1v) is 15.8. The fraction of sp³-hybridized carbons (Fsp3) is 0.296. The molecular formula is C27H30N4O9S2. The number of piperidine rings is 1. The van der Waals surface area contributed by atoms with Gasteiger partial charge in [0, 0.05) is 30.9 Å². The van der Waals surface area contributed by atoms with Crippen molar-refractivity contribution in [3.8, 4) is 11.5 Å². The quantitative estimate of drug-likeness (QED) is 0.249. The van der Waals surface area contributed by atoms with E-state index >= 15 is 0 Å². The summed E-state index contributed by atoms with van der Waals surface area (Å²) in [7, 11) is -5.66. The second-order valence-electron chi connectivity index (χ2n) is 9.31. The molecule has 1 aliphatic rings. The van der Waals surface area contributed by atoms with Crippen LogP contribution in [0.25, 0.3) is 0 Å². The molecule has 3 aromatic carbocycles. The van der Waals surface area contributed by atoms with Crippen molar-refractivity contribution in [2.75, 3.05) is 43.5 Å². The molecule has 0 bridgehead atoms. The number of ether oxygens (including phenoxy) is 2. The van der Waals surface area contributed by atoms with Gasteiger partial charge >= 0.3 is 0 Å². The Morgan fingerprint density at radius 2 is 1.62 bits per heavy atom. The van der Waals surface area contributed by atoms with Gasteiger partial charge in [-0.3, -0.25) is 19.2 Å². The van der Waals surface area contributed by atoms with Crippen molar-refractivity contribution in [1.29, 1.82) is 0 Å². The summed E-state index contributed by atoms with van der Waals surface area (Å²) in [5.41, 5.74) is -0.502. The largest absolute Gasteiger partial charge is 0.497 e. The molecule has 0 aromatic heterocycles. The zero-order valence-electron chi connectivity index (χ0n) is 22.9. The summed E-state index contributed by atoms with van der Waals surface area (Å²) in [5.74, 6) is -0.402. The number of anilines is 2. The van der Waals surface area contributed by atoms with Crippen LogP contribution in [-0.2, 0) is 24.8 Å². The lowest BCUT2D eigenvalue weighted by molar-refractivity contribution is -0.387. The lowest BCUT2D eigenvalue weighted by Crippen LogP contribution is -2.38. The van der Waals surface area contributed by atoms with E-state index in [1.807, 2.05) is 0 Å². The van der Waals surface area contributed by atoms with Gasteiger partial charge in [0.15, 0.2) is 4.90 Å². The second-order valence-corrected chi connectivity index (χ2v) is 13.1. The van der Waals surface area contributed by atoms with Crippen molar-refractivity contribution in [3.63, 3.8) is 0 Å². The highest BCUT2D eigenvalue weighted by Gasteiger charge is 2.35. The standard InChI is InChI=1S/C27H30N4O9S2/c1-39-21-12-15-23(25(18-21)40-2)30(42(37,38)26-9-5-4-8-24(26)31(33)34)19-27(32)28-20-10-13-22(14-11-20)41(35,36)29-16-6-3-7-17-29/h4-5,8-15,18H,3,6-7,16-17,19H2,1-2H3,(H,28,32). The summed E-state index contributed by atoms with van der Waals surface area (Å²) < 4.78 is 66.3. The maximum atomic E-state index is 13.9. The summed E-state index contributed by atoms with van der Waals surface area (Å²) in [4.78, 5) is 23.5. The van der Waals surface area contributed by atoms with Gasteiger partial charge in [-0.15, -0.1) is 0 Å². The van der Waals surface area contributed by atoms with Gasteiger partial charge in [-0.2, -0.15) is 4.31 Å². The summed E-state index contributed by atoms with van der Waals surface area (Å²) in [6.07, 6.45) is 2.56. The number of methoxy groups -OCH3 is 2. The van der Waals surface area contributed by atoms with Crippen molar-refractivity contribution in [2.24, 2.45) is 0 Å². The normalized spacial score (nSPS) is 14.1. The van der Waals surface area contributed by atoms with Crippen molar-refractivity contribution in [2.45, 2.75) is 29.1 Å². The SMILES string of the molecule is COc1ccc(N(CC(=O)Nc2ccc(S(=O)(=O)N3CCCCC3)cc2)S(=O)(=O)c2ccccc2[N+](=O)[O-])c(OC)c1. The molecule has 1 fully saturated rings. The highest BCUT2D eigenvalue weighted by atomic mass is 32.2. The average molecular weight is 619 g/mol. The van der Waals surface area contributed by atoms with Crippen LogP contribution >= 0.6 is 0 Å². The monoisotopic (exact) mass is 618 g/mol. The van der Waals surface area contributed by atoms with Crippen LogP contribution in [0.5, 0.6) is 11.5 Å². The molecular weight excluding hydrogens is 588 g/mol. The number of amides is 1. The first-order valence-electron chi connectivity index (χ1n) is 12.9. The fourth-order valence-electron chi connectivity index (χ4n) is 4.53. The second kappa shape index (κ2) is 12.8. The third-order valence-corrected chi connectivity index (χ3v) is 10.4. The molecule has 1 N–H and O–H groups in total. The van der Waals surface area contributed by atoms with Gasteiger partial charge in [-0.1, -0.05) is 18.6 Å². The predicted molar refractivity (Wildman–Crippen MR) is 155 cm³/mol. The third kappa shape index (κ3) is 6.48. The van der Waals surface area contributed by atoms with Crippen LogP contribution < -0.4 is 19.1 Å². The molecule has 1 heterocycles. The summed E-state index contributed by atoms with van der Waals surface area (Å²) in [6, 6.07) is 14.6. The average Bonchev–Trinajstić information content (AvgIpc) is 3.00. The molecule has 224 valence electrons. The molecule has 13 nitrogen and oxygen atoms in total. The number of nitrogens with zero attached hydrogens (tertiary/aromatic N) is 3. The lowest BCUT2D eigenvalue weighted by atomic mass is 10.2. The van der Waals surface area contributed by atoms with E-state index in [1.165, 1.54) is 73.1 Å². The first kappa shape index (κ1) is 30.7. The van der Waals surface area contributed by atoms with E-state index in [0.29, 0.717) is 23.1 Å². The third-order valence-electron chi connectivity index (χ3n) is 6.66. The fourth-order valence-corrected chi connectivity index (χ4v) is 7.64. The molecule has 0 aliphatic carbocycles. The number of nitrogens with one attached hydrogen (secondary N) is 1. The minimum atomic E-state index is -4.68. The zero-order chi connectivity index (χ0) is 30.5. The minimum Gasteiger partial charge on any atom is -0.497 e. The topological polar surface area (TPSA) is 165 Å². The van der Waals surface area contributed by atoms with E-state index < -0.39 is 48.0 Å². The molecule has 4 rings (SSSR count). The predicted octanol–water partition coefficient (Wildman–Crippen LogP) is 3.62. The van der Waals surface area contributed by atoms with Gasteiger partial charge in [-0.25, -0.2) is 16.8 Å². The number of nitro groups is 1. The molecule has 0 saturated carbocycles. The van der Waals surface area contributed by atoms with E-state index in [0.717, 1.165) is 31.4 Å². The summed E-state index contributed by atoms with van der Waals surface area (Å²) in [5, 5.41) is 14.2. The van der Waals surface area contributed by atoms with Gasteiger partial charge in [-0.05, 0) is 55.3 Å². The highest BCUT2D eigenvalue weighted by Crippen LogP contribution is 2.37. The maximum Gasteiger partial charge on any atom is 0.289 e. The Morgan fingerprint density at radius 3 is 2.24 bits per heavy atom. The Balaban J connectivity index is 1.65. The number of sulfonamides is 2. The summed E-state index contributed by atoms with van der Waals surface area (Å²) in [6.45, 7) is 0.101. The maximum absolute atomic E-state index is 13.9. The summed E-state index contributed by atoms with van der Waals surface area (Å²) >= 11 is 0. The van der Waals surface area contributed by atoms with E-state index in [2.05, 4.69) is 5.32 Å². The molecule has 0 unspecified atom stereocenters. The Bertz CT molecular complexity index is 1670. The molecule has 42 heavy (non-hydrogen) atoms. The van der Waals surface area contributed by atoms with Crippen LogP contribution in [0.2, 0.25) is 0 Å². The number of hydrogen-bond donors (Lipinski definition) is 1. The molecule has 0 radical (unpaired) electrons. The number of hydrogen-bond acceptors (Lipinski definition) is 9. The molecule has 1 aliphatic heterocycles. The van der Waals surface area contributed by atoms with Gasteiger partial charge in [0.05, 0.1) is 29.7 Å². The smallest absolute Gasteiger partial charge is 0.289 e. The molecule has 3 aromatic rings. The Kier molecular flexibility index (Phi) is 9.33. The van der Waals surface area contributed by atoms with E-state index in [9.17, 15) is 31.7 Å². The molecule has 15 heteroatoms. The van der Waals surface area contributed by atoms with Crippen LogP contribution in [0.4, 0.5) is 17.1 Å².